The average Bonchev–Trinajstić information content (AvgIpc) is 2.46. The zero-order valence-corrected chi connectivity index (χ0v) is 12.0. The van der Waals surface area contributed by atoms with E-state index in [0.717, 1.165) is 18.8 Å². The molecular weight excluding hydrogens is 260 g/mol. The fourth-order valence-corrected chi connectivity index (χ4v) is 3.55. The lowest BCUT2D eigenvalue weighted by Gasteiger charge is -2.35. The first-order chi connectivity index (χ1) is 9.13. The van der Waals surface area contributed by atoms with Crippen molar-refractivity contribution in [2.75, 3.05) is 36.8 Å². The molecule has 1 aliphatic heterocycles. The van der Waals surface area contributed by atoms with E-state index in [1.165, 1.54) is 0 Å². The molecule has 0 unspecified atom stereocenters. The first-order valence-corrected chi connectivity index (χ1v) is 8.13. The maximum Gasteiger partial charge on any atom is 0.217 e. The topological polar surface area (TPSA) is 40.6 Å². The Morgan fingerprint density at radius 3 is 2.32 bits per heavy atom. The lowest BCUT2D eigenvalue weighted by atomic mass is 10.2. The molecule has 2 rings (SSSR count). The van der Waals surface area contributed by atoms with E-state index in [9.17, 15) is 8.42 Å². The first-order valence-electron chi connectivity index (χ1n) is 6.52. The molecule has 0 atom stereocenters. The largest absolute Gasteiger partial charge is 0.369 e. The molecule has 1 aromatic rings. The molecule has 4 nitrogen and oxygen atoms in total. The third-order valence-corrected chi connectivity index (χ3v) is 5.06. The average molecular weight is 280 g/mol. The van der Waals surface area contributed by atoms with Crippen LogP contribution in [-0.2, 0) is 10.0 Å². The van der Waals surface area contributed by atoms with Gasteiger partial charge in [-0.2, -0.15) is 4.31 Å². The molecule has 19 heavy (non-hydrogen) atoms. The molecule has 5 heteroatoms. The third kappa shape index (κ3) is 3.58. The number of benzene rings is 1. The Bertz CT molecular complexity index is 518. The number of allylic oxidation sites excluding steroid dienone is 1. The van der Waals surface area contributed by atoms with Gasteiger partial charge in [0, 0.05) is 31.9 Å². The summed E-state index contributed by atoms with van der Waals surface area (Å²) in [4.78, 5) is 2.22. The minimum Gasteiger partial charge on any atom is -0.369 e. The Labute approximate surface area is 115 Å². The van der Waals surface area contributed by atoms with E-state index < -0.39 is 10.0 Å². The highest BCUT2D eigenvalue weighted by Gasteiger charge is 2.25. The van der Waals surface area contributed by atoms with Crippen LogP contribution in [0, 0.1) is 0 Å². The molecule has 0 amide bonds. The summed E-state index contributed by atoms with van der Waals surface area (Å²) in [6, 6.07) is 10.1. The Kier molecular flexibility index (Phi) is 4.61. The van der Waals surface area contributed by atoms with Crippen LogP contribution in [0.4, 0.5) is 5.69 Å². The Hall–Kier alpha value is -1.33. The number of anilines is 1. The van der Waals surface area contributed by atoms with Crippen LogP contribution in [0.2, 0.25) is 0 Å². The minimum absolute atomic E-state index is 0.106. The zero-order chi connectivity index (χ0) is 13.7. The third-order valence-electron chi connectivity index (χ3n) is 3.30. The highest BCUT2D eigenvalue weighted by Crippen LogP contribution is 2.17. The van der Waals surface area contributed by atoms with Gasteiger partial charge in [-0.15, -0.1) is 0 Å². The number of para-hydroxylation sites is 1. The van der Waals surface area contributed by atoms with Gasteiger partial charge in [0.1, 0.15) is 0 Å². The van der Waals surface area contributed by atoms with Crippen LogP contribution in [0.1, 0.15) is 6.92 Å². The van der Waals surface area contributed by atoms with Gasteiger partial charge in [-0.1, -0.05) is 30.4 Å². The molecule has 0 bridgehead atoms. The van der Waals surface area contributed by atoms with Gasteiger partial charge in [0.15, 0.2) is 0 Å². The maximum absolute atomic E-state index is 12.0. The number of piperazine rings is 1. The quantitative estimate of drug-likeness (QED) is 0.788. The lowest BCUT2D eigenvalue weighted by Crippen LogP contribution is -2.49. The Balaban J connectivity index is 1.96. The van der Waals surface area contributed by atoms with Gasteiger partial charge in [-0.05, 0) is 19.1 Å². The predicted octanol–water partition coefficient (Wildman–Crippen LogP) is 1.71. The van der Waals surface area contributed by atoms with Crippen LogP contribution in [0.5, 0.6) is 0 Å². The summed E-state index contributed by atoms with van der Waals surface area (Å²) < 4.78 is 25.7. The second kappa shape index (κ2) is 6.21. The number of nitrogens with zero attached hydrogens (tertiary/aromatic N) is 2. The van der Waals surface area contributed by atoms with Crippen molar-refractivity contribution in [2.45, 2.75) is 6.92 Å². The number of rotatable bonds is 4. The van der Waals surface area contributed by atoms with E-state index in [-0.39, 0.29) is 5.75 Å². The van der Waals surface area contributed by atoms with Crippen LogP contribution in [0.15, 0.2) is 42.5 Å². The van der Waals surface area contributed by atoms with Crippen molar-refractivity contribution in [3.8, 4) is 0 Å². The second-order valence-corrected chi connectivity index (χ2v) is 6.58. The van der Waals surface area contributed by atoms with E-state index in [1.54, 1.807) is 16.5 Å². The van der Waals surface area contributed by atoms with Gasteiger partial charge in [0.2, 0.25) is 10.0 Å². The van der Waals surface area contributed by atoms with Crippen LogP contribution in [-0.4, -0.2) is 44.7 Å². The van der Waals surface area contributed by atoms with Gasteiger partial charge in [0.25, 0.3) is 0 Å². The van der Waals surface area contributed by atoms with E-state index in [1.807, 2.05) is 25.1 Å². The highest BCUT2D eigenvalue weighted by atomic mass is 32.2. The number of hydrogen-bond acceptors (Lipinski definition) is 3. The molecule has 0 saturated carbocycles. The summed E-state index contributed by atoms with van der Waals surface area (Å²) in [6.07, 6.45) is 3.47. The standard InChI is InChI=1S/C14H20N2O2S/c1-2-3-13-19(17,18)16-11-9-15(10-12-16)14-7-5-4-6-8-14/h2-8H,9-13H2,1H3/b3-2+. The molecule has 0 aromatic heterocycles. The Morgan fingerprint density at radius 1 is 1.11 bits per heavy atom. The van der Waals surface area contributed by atoms with Crippen molar-refractivity contribution in [1.29, 1.82) is 0 Å². The van der Waals surface area contributed by atoms with Crippen molar-refractivity contribution in [1.82, 2.24) is 4.31 Å². The van der Waals surface area contributed by atoms with Crippen molar-refractivity contribution < 1.29 is 8.42 Å². The first kappa shape index (κ1) is 14.1. The fourth-order valence-electron chi connectivity index (χ4n) is 2.19. The molecule has 1 aliphatic rings. The SMILES string of the molecule is C/C=C/CS(=O)(=O)N1CCN(c2ccccc2)CC1. The van der Waals surface area contributed by atoms with E-state index in [0.29, 0.717) is 13.1 Å². The van der Waals surface area contributed by atoms with Crippen molar-refractivity contribution in [2.24, 2.45) is 0 Å². The highest BCUT2D eigenvalue weighted by molar-refractivity contribution is 7.89. The molecular formula is C14H20N2O2S. The molecule has 0 N–H and O–H groups in total. The minimum atomic E-state index is -3.13. The van der Waals surface area contributed by atoms with Crippen molar-refractivity contribution >= 4 is 15.7 Å². The monoisotopic (exact) mass is 280 g/mol. The molecule has 104 valence electrons. The number of sulfonamides is 1. The summed E-state index contributed by atoms with van der Waals surface area (Å²) in [6.45, 7) is 4.46. The molecule has 1 heterocycles. The summed E-state index contributed by atoms with van der Waals surface area (Å²) in [5.74, 6) is 0.106. The van der Waals surface area contributed by atoms with Crippen LogP contribution in [0.3, 0.4) is 0 Å². The zero-order valence-electron chi connectivity index (χ0n) is 11.2. The van der Waals surface area contributed by atoms with Gasteiger partial charge in [-0.25, -0.2) is 8.42 Å². The molecule has 1 saturated heterocycles. The van der Waals surface area contributed by atoms with Gasteiger partial charge in [0.05, 0.1) is 5.75 Å². The van der Waals surface area contributed by atoms with Gasteiger partial charge < -0.3 is 4.90 Å². The van der Waals surface area contributed by atoms with E-state index in [4.69, 9.17) is 0 Å². The molecule has 1 aromatic carbocycles. The second-order valence-electron chi connectivity index (χ2n) is 4.57. The van der Waals surface area contributed by atoms with Crippen LogP contribution >= 0.6 is 0 Å². The number of hydrogen-bond donors (Lipinski definition) is 0. The molecule has 0 spiro atoms. The van der Waals surface area contributed by atoms with Gasteiger partial charge in [-0.3, -0.25) is 0 Å². The van der Waals surface area contributed by atoms with Crippen molar-refractivity contribution in [3.05, 3.63) is 42.5 Å². The summed E-state index contributed by atoms with van der Waals surface area (Å²) in [5.41, 5.74) is 1.16. The van der Waals surface area contributed by atoms with Crippen molar-refractivity contribution in [3.63, 3.8) is 0 Å². The predicted molar refractivity (Wildman–Crippen MR) is 78.8 cm³/mol. The smallest absolute Gasteiger partial charge is 0.217 e. The summed E-state index contributed by atoms with van der Waals surface area (Å²) in [7, 11) is -3.13. The van der Waals surface area contributed by atoms with Crippen LogP contribution < -0.4 is 4.90 Å². The summed E-state index contributed by atoms with van der Waals surface area (Å²) in [5, 5.41) is 0. The van der Waals surface area contributed by atoms with E-state index >= 15 is 0 Å². The maximum atomic E-state index is 12.0. The van der Waals surface area contributed by atoms with E-state index in [2.05, 4.69) is 17.0 Å². The molecule has 0 aliphatic carbocycles. The molecule has 0 radical (unpaired) electrons. The fraction of sp³-hybridized carbons (Fsp3) is 0.429. The van der Waals surface area contributed by atoms with Gasteiger partial charge >= 0.3 is 0 Å². The normalized spacial score (nSPS) is 18.1. The summed E-state index contributed by atoms with van der Waals surface area (Å²) >= 11 is 0. The molecule has 1 fully saturated rings. The Morgan fingerprint density at radius 2 is 1.74 bits per heavy atom. The van der Waals surface area contributed by atoms with Crippen LogP contribution in [0.25, 0.3) is 0 Å². The lowest BCUT2D eigenvalue weighted by molar-refractivity contribution is 0.386.